The van der Waals surface area contributed by atoms with Crippen LogP contribution in [0.3, 0.4) is 0 Å². The Bertz CT molecular complexity index is 405. The van der Waals surface area contributed by atoms with E-state index < -0.39 is 0 Å². The summed E-state index contributed by atoms with van der Waals surface area (Å²) in [5.41, 5.74) is 8.44. The van der Waals surface area contributed by atoms with Gasteiger partial charge in [0.2, 0.25) is 0 Å². The predicted molar refractivity (Wildman–Crippen MR) is 74.4 cm³/mol. The number of rotatable bonds is 5. The Labute approximate surface area is 109 Å². The van der Waals surface area contributed by atoms with E-state index in [-0.39, 0.29) is 11.2 Å². The molecule has 0 saturated heterocycles. The molecule has 0 radical (unpaired) electrons. The normalized spacial score (nSPS) is 15.0. The number of nitrogens with two attached hydrogens (primary N) is 1. The highest BCUT2D eigenvalue weighted by atomic mass is 19.1. The lowest BCUT2D eigenvalue weighted by molar-refractivity contribution is 0.278. The maximum atomic E-state index is 13.4. The van der Waals surface area contributed by atoms with E-state index in [0.717, 1.165) is 38.0 Å². The molecule has 0 aromatic heterocycles. The Morgan fingerprint density at radius 3 is 2.67 bits per heavy atom. The van der Waals surface area contributed by atoms with Gasteiger partial charge in [-0.1, -0.05) is 19.9 Å². The molecule has 2 rings (SSSR count). The lowest BCUT2D eigenvalue weighted by Gasteiger charge is -2.35. The first-order valence-corrected chi connectivity index (χ1v) is 6.87. The van der Waals surface area contributed by atoms with E-state index in [0.29, 0.717) is 6.54 Å². The van der Waals surface area contributed by atoms with E-state index in [1.807, 2.05) is 6.07 Å². The van der Waals surface area contributed by atoms with Crippen molar-refractivity contribution >= 4 is 5.69 Å². The van der Waals surface area contributed by atoms with E-state index in [4.69, 9.17) is 5.73 Å². The molecule has 0 unspecified atom stereocenters. The zero-order valence-corrected chi connectivity index (χ0v) is 11.4. The van der Waals surface area contributed by atoms with Crippen LogP contribution in [0.25, 0.3) is 0 Å². The van der Waals surface area contributed by atoms with Crippen LogP contribution < -0.4 is 10.6 Å². The van der Waals surface area contributed by atoms with Crippen molar-refractivity contribution in [2.24, 2.45) is 11.1 Å². The SMILES string of the molecule is CCC(CC)(CN)CN1CCc2ccc(F)cc21. The van der Waals surface area contributed by atoms with Crippen LogP contribution in [0, 0.1) is 11.2 Å². The Morgan fingerprint density at radius 1 is 1.33 bits per heavy atom. The molecule has 18 heavy (non-hydrogen) atoms. The molecule has 0 atom stereocenters. The standard InChI is InChI=1S/C15H23FN2/c1-3-15(4-2,10-17)11-18-8-7-12-5-6-13(16)9-14(12)18/h5-6,9H,3-4,7-8,10-11,17H2,1-2H3. The fourth-order valence-electron chi connectivity index (χ4n) is 2.81. The Morgan fingerprint density at radius 2 is 2.06 bits per heavy atom. The van der Waals surface area contributed by atoms with Crippen molar-refractivity contribution in [3.63, 3.8) is 0 Å². The van der Waals surface area contributed by atoms with Gasteiger partial charge in [-0.2, -0.15) is 0 Å². The number of nitrogens with zero attached hydrogens (tertiary/aromatic N) is 1. The molecule has 100 valence electrons. The molecule has 2 N–H and O–H groups in total. The van der Waals surface area contributed by atoms with Gasteiger partial charge in [-0.25, -0.2) is 4.39 Å². The van der Waals surface area contributed by atoms with E-state index in [1.165, 1.54) is 5.56 Å². The molecule has 0 aliphatic carbocycles. The molecule has 1 heterocycles. The third-order valence-electron chi connectivity index (χ3n) is 4.50. The highest BCUT2D eigenvalue weighted by molar-refractivity contribution is 5.58. The number of fused-ring (bicyclic) bond motifs is 1. The van der Waals surface area contributed by atoms with E-state index in [2.05, 4.69) is 18.7 Å². The second-order valence-electron chi connectivity index (χ2n) is 5.36. The zero-order chi connectivity index (χ0) is 13.2. The average Bonchev–Trinajstić information content (AvgIpc) is 2.78. The molecule has 0 amide bonds. The van der Waals surface area contributed by atoms with Crippen LogP contribution >= 0.6 is 0 Å². The molecular weight excluding hydrogens is 227 g/mol. The van der Waals surface area contributed by atoms with E-state index in [9.17, 15) is 4.39 Å². The number of anilines is 1. The van der Waals surface area contributed by atoms with Gasteiger partial charge >= 0.3 is 0 Å². The van der Waals surface area contributed by atoms with Gasteiger partial charge in [-0.05, 0) is 48.9 Å². The van der Waals surface area contributed by atoms with E-state index >= 15 is 0 Å². The van der Waals surface area contributed by atoms with Gasteiger partial charge in [0.25, 0.3) is 0 Å². The molecule has 1 aromatic rings. The van der Waals surface area contributed by atoms with Gasteiger partial charge in [-0.15, -0.1) is 0 Å². The third-order valence-corrected chi connectivity index (χ3v) is 4.50. The molecule has 3 heteroatoms. The smallest absolute Gasteiger partial charge is 0.125 e. The number of hydrogen-bond acceptors (Lipinski definition) is 2. The topological polar surface area (TPSA) is 29.3 Å². The number of benzene rings is 1. The second-order valence-corrected chi connectivity index (χ2v) is 5.36. The van der Waals surface area contributed by atoms with Crippen molar-refractivity contribution in [3.05, 3.63) is 29.6 Å². The van der Waals surface area contributed by atoms with Crippen LogP contribution in [0.15, 0.2) is 18.2 Å². The van der Waals surface area contributed by atoms with Crippen molar-refractivity contribution in [2.45, 2.75) is 33.1 Å². The summed E-state index contributed by atoms with van der Waals surface area (Å²) in [7, 11) is 0. The molecule has 0 saturated carbocycles. The van der Waals surface area contributed by atoms with Crippen LogP contribution in [0.2, 0.25) is 0 Å². The van der Waals surface area contributed by atoms with Crippen molar-refractivity contribution in [1.29, 1.82) is 0 Å². The van der Waals surface area contributed by atoms with Crippen molar-refractivity contribution in [1.82, 2.24) is 0 Å². The van der Waals surface area contributed by atoms with Crippen LogP contribution in [0.5, 0.6) is 0 Å². The summed E-state index contributed by atoms with van der Waals surface area (Å²) < 4.78 is 13.4. The van der Waals surface area contributed by atoms with E-state index in [1.54, 1.807) is 12.1 Å². The fraction of sp³-hybridized carbons (Fsp3) is 0.600. The number of halogens is 1. The lowest BCUT2D eigenvalue weighted by atomic mass is 9.82. The monoisotopic (exact) mass is 250 g/mol. The van der Waals surface area contributed by atoms with Gasteiger partial charge in [-0.3, -0.25) is 0 Å². The van der Waals surface area contributed by atoms with Crippen molar-refractivity contribution in [2.75, 3.05) is 24.5 Å². The minimum absolute atomic E-state index is 0.146. The van der Waals surface area contributed by atoms with Crippen LogP contribution in [0.1, 0.15) is 32.3 Å². The van der Waals surface area contributed by atoms with Crippen LogP contribution in [-0.2, 0) is 6.42 Å². The summed E-state index contributed by atoms with van der Waals surface area (Å²) in [5, 5.41) is 0. The molecule has 1 aliphatic rings. The highest BCUT2D eigenvalue weighted by Gasteiger charge is 2.30. The average molecular weight is 250 g/mol. The second kappa shape index (κ2) is 5.27. The molecule has 1 aromatic carbocycles. The van der Waals surface area contributed by atoms with Crippen molar-refractivity contribution < 1.29 is 4.39 Å². The van der Waals surface area contributed by atoms with Gasteiger partial charge in [0.1, 0.15) is 5.82 Å². The predicted octanol–water partition coefficient (Wildman–Crippen LogP) is 2.95. The maximum absolute atomic E-state index is 13.4. The maximum Gasteiger partial charge on any atom is 0.125 e. The Kier molecular flexibility index (Phi) is 3.91. The molecule has 0 bridgehead atoms. The van der Waals surface area contributed by atoms with Crippen LogP contribution in [-0.4, -0.2) is 19.6 Å². The first kappa shape index (κ1) is 13.3. The number of hydrogen-bond donors (Lipinski definition) is 1. The summed E-state index contributed by atoms with van der Waals surface area (Å²) in [5.74, 6) is -0.146. The van der Waals surface area contributed by atoms with Gasteiger partial charge < -0.3 is 10.6 Å². The summed E-state index contributed by atoms with van der Waals surface area (Å²) in [6, 6.07) is 5.12. The Balaban J connectivity index is 2.20. The molecule has 2 nitrogen and oxygen atoms in total. The Hall–Kier alpha value is -1.09. The third kappa shape index (κ3) is 2.37. The van der Waals surface area contributed by atoms with Crippen molar-refractivity contribution in [3.8, 4) is 0 Å². The summed E-state index contributed by atoms with van der Waals surface area (Å²) >= 11 is 0. The van der Waals surface area contributed by atoms with Crippen LogP contribution in [0.4, 0.5) is 10.1 Å². The molecule has 1 aliphatic heterocycles. The first-order chi connectivity index (χ1) is 8.64. The minimum Gasteiger partial charge on any atom is -0.370 e. The zero-order valence-electron chi connectivity index (χ0n) is 11.4. The quantitative estimate of drug-likeness (QED) is 0.870. The highest BCUT2D eigenvalue weighted by Crippen LogP contribution is 2.34. The van der Waals surface area contributed by atoms with Gasteiger partial charge in [0.05, 0.1) is 0 Å². The van der Waals surface area contributed by atoms with Gasteiger partial charge in [0.15, 0.2) is 0 Å². The fourth-order valence-corrected chi connectivity index (χ4v) is 2.81. The molecule has 0 fully saturated rings. The summed E-state index contributed by atoms with van der Waals surface area (Å²) in [6.45, 7) is 7.01. The summed E-state index contributed by atoms with van der Waals surface area (Å²) in [4.78, 5) is 2.30. The lowest BCUT2D eigenvalue weighted by Crippen LogP contribution is -2.41. The minimum atomic E-state index is -0.146. The molecule has 0 spiro atoms. The molecular formula is C15H23FN2. The summed E-state index contributed by atoms with van der Waals surface area (Å²) in [6.07, 6.45) is 3.16. The first-order valence-electron chi connectivity index (χ1n) is 6.87. The largest absolute Gasteiger partial charge is 0.370 e. The van der Waals surface area contributed by atoms with Gasteiger partial charge in [0, 0.05) is 18.8 Å².